The van der Waals surface area contributed by atoms with Crippen LogP contribution >= 0.6 is 0 Å². The first-order chi connectivity index (χ1) is 13.9. The highest BCUT2D eigenvalue weighted by Crippen LogP contribution is 2.39. The molecule has 1 heterocycles. The molecule has 0 radical (unpaired) electrons. The fourth-order valence-electron chi connectivity index (χ4n) is 3.58. The molecule has 0 aliphatic carbocycles. The Morgan fingerprint density at radius 1 is 1.07 bits per heavy atom. The fourth-order valence-corrected chi connectivity index (χ4v) is 3.58. The predicted octanol–water partition coefficient (Wildman–Crippen LogP) is 3.38. The first-order valence-electron chi connectivity index (χ1n) is 9.38. The number of hydrogen-bond acceptors (Lipinski definition) is 5. The molecule has 3 rings (SSSR count). The molecule has 6 nitrogen and oxygen atoms in total. The zero-order valence-electron chi connectivity index (χ0n) is 17.1. The lowest BCUT2D eigenvalue weighted by atomic mass is 9.94. The predicted molar refractivity (Wildman–Crippen MR) is 110 cm³/mol. The lowest BCUT2D eigenvalue weighted by Crippen LogP contribution is -2.32. The van der Waals surface area contributed by atoms with Gasteiger partial charge in [0, 0.05) is 19.2 Å². The van der Waals surface area contributed by atoms with E-state index < -0.39 is 17.7 Å². The van der Waals surface area contributed by atoms with E-state index in [2.05, 4.69) is 0 Å². The van der Waals surface area contributed by atoms with Crippen LogP contribution in [0, 0.1) is 13.8 Å². The number of nitrogens with zero attached hydrogens (tertiary/aromatic N) is 1. The van der Waals surface area contributed by atoms with Gasteiger partial charge in [-0.2, -0.15) is 0 Å². The van der Waals surface area contributed by atoms with Crippen LogP contribution in [0.5, 0.6) is 5.75 Å². The summed E-state index contributed by atoms with van der Waals surface area (Å²) in [4.78, 5) is 27.1. The Balaban J connectivity index is 2.15. The molecule has 1 N–H and O–H groups in total. The number of ether oxygens (including phenoxy) is 2. The Kier molecular flexibility index (Phi) is 6.03. The molecular formula is C23H25NO5. The van der Waals surface area contributed by atoms with E-state index in [1.54, 1.807) is 25.3 Å². The third-order valence-electron chi connectivity index (χ3n) is 5.14. The van der Waals surface area contributed by atoms with Crippen molar-refractivity contribution in [1.29, 1.82) is 0 Å². The summed E-state index contributed by atoms with van der Waals surface area (Å²) >= 11 is 0. The highest BCUT2D eigenvalue weighted by Gasteiger charge is 2.45. The molecule has 1 saturated heterocycles. The van der Waals surface area contributed by atoms with Gasteiger partial charge in [0.1, 0.15) is 11.5 Å². The van der Waals surface area contributed by atoms with E-state index in [1.165, 1.54) is 12.0 Å². The maximum Gasteiger partial charge on any atom is 0.295 e. The van der Waals surface area contributed by atoms with Gasteiger partial charge in [0.2, 0.25) is 0 Å². The molecule has 0 unspecified atom stereocenters. The highest BCUT2D eigenvalue weighted by atomic mass is 16.5. The van der Waals surface area contributed by atoms with Crippen molar-refractivity contribution in [2.45, 2.75) is 19.9 Å². The van der Waals surface area contributed by atoms with Crippen LogP contribution in [0.1, 0.15) is 28.3 Å². The van der Waals surface area contributed by atoms with Gasteiger partial charge in [0.15, 0.2) is 0 Å². The third-order valence-corrected chi connectivity index (χ3v) is 5.14. The molecule has 2 aromatic carbocycles. The summed E-state index contributed by atoms with van der Waals surface area (Å²) in [6.07, 6.45) is 0. The van der Waals surface area contributed by atoms with Gasteiger partial charge in [-0.1, -0.05) is 29.8 Å². The summed E-state index contributed by atoms with van der Waals surface area (Å²) in [5.41, 5.74) is 3.19. The Morgan fingerprint density at radius 2 is 1.76 bits per heavy atom. The van der Waals surface area contributed by atoms with E-state index in [1.807, 2.05) is 38.1 Å². The highest BCUT2D eigenvalue weighted by molar-refractivity contribution is 6.46. The van der Waals surface area contributed by atoms with Crippen molar-refractivity contribution in [3.63, 3.8) is 0 Å². The Labute approximate surface area is 170 Å². The van der Waals surface area contributed by atoms with Gasteiger partial charge >= 0.3 is 0 Å². The van der Waals surface area contributed by atoms with Gasteiger partial charge in [-0.3, -0.25) is 9.59 Å². The SMILES string of the molecule is COCCN1C(=O)C(=O)/C(=C(/O)c2ccc(OC)c(C)c2)[C@H]1c1ccc(C)cc1. The fraction of sp³-hybridized carbons (Fsp3) is 0.304. The summed E-state index contributed by atoms with van der Waals surface area (Å²) in [5, 5.41) is 11.0. The summed E-state index contributed by atoms with van der Waals surface area (Å²) in [6.45, 7) is 4.35. The average molecular weight is 395 g/mol. The van der Waals surface area contributed by atoms with Gasteiger partial charge in [0.25, 0.3) is 11.7 Å². The molecule has 0 saturated carbocycles. The molecule has 1 fully saturated rings. The van der Waals surface area contributed by atoms with Crippen LogP contribution < -0.4 is 4.74 Å². The number of carbonyl (C=O) groups is 2. The second-order valence-corrected chi connectivity index (χ2v) is 7.08. The largest absolute Gasteiger partial charge is 0.507 e. The number of aliphatic hydroxyl groups is 1. The molecule has 2 aromatic rings. The first kappa shape index (κ1) is 20.6. The third kappa shape index (κ3) is 3.89. The molecule has 6 heteroatoms. The minimum atomic E-state index is -0.697. The van der Waals surface area contributed by atoms with Crippen LogP contribution in [0.25, 0.3) is 5.76 Å². The van der Waals surface area contributed by atoms with Crippen molar-refractivity contribution in [3.8, 4) is 5.75 Å². The number of aliphatic hydroxyl groups excluding tert-OH is 1. The Hall–Kier alpha value is -3.12. The normalized spacial score (nSPS) is 18.3. The topological polar surface area (TPSA) is 76.1 Å². The van der Waals surface area contributed by atoms with Crippen LogP contribution in [-0.4, -0.2) is 49.1 Å². The van der Waals surface area contributed by atoms with Crippen molar-refractivity contribution in [2.75, 3.05) is 27.4 Å². The number of rotatable bonds is 6. The smallest absolute Gasteiger partial charge is 0.295 e. The molecule has 152 valence electrons. The Bertz CT molecular complexity index is 962. The number of methoxy groups -OCH3 is 2. The summed E-state index contributed by atoms with van der Waals surface area (Å²) in [6, 6.07) is 12.1. The van der Waals surface area contributed by atoms with Crippen LogP contribution in [0.3, 0.4) is 0 Å². The summed E-state index contributed by atoms with van der Waals surface area (Å²) in [5.74, 6) is -0.853. The van der Waals surface area contributed by atoms with E-state index in [9.17, 15) is 14.7 Å². The lowest BCUT2D eigenvalue weighted by Gasteiger charge is -2.25. The van der Waals surface area contributed by atoms with Crippen LogP contribution in [0.2, 0.25) is 0 Å². The van der Waals surface area contributed by atoms with Crippen LogP contribution in [0.15, 0.2) is 48.0 Å². The molecule has 1 atom stereocenters. The Morgan fingerprint density at radius 3 is 2.34 bits per heavy atom. The first-order valence-corrected chi connectivity index (χ1v) is 9.38. The maximum atomic E-state index is 12.9. The molecular weight excluding hydrogens is 370 g/mol. The van der Waals surface area contributed by atoms with Crippen molar-refractivity contribution >= 4 is 17.4 Å². The van der Waals surface area contributed by atoms with Crippen LogP contribution in [-0.2, 0) is 14.3 Å². The van der Waals surface area contributed by atoms with E-state index in [0.717, 1.165) is 16.7 Å². The van der Waals surface area contributed by atoms with Gasteiger partial charge in [-0.25, -0.2) is 0 Å². The number of amides is 1. The van der Waals surface area contributed by atoms with Crippen molar-refractivity contribution in [1.82, 2.24) is 4.90 Å². The van der Waals surface area contributed by atoms with Crippen LogP contribution in [0.4, 0.5) is 0 Å². The van der Waals surface area contributed by atoms with E-state index in [4.69, 9.17) is 9.47 Å². The molecule has 1 amide bonds. The average Bonchev–Trinajstić information content (AvgIpc) is 2.96. The molecule has 1 aliphatic heterocycles. The van der Waals surface area contributed by atoms with E-state index in [-0.39, 0.29) is 24.5 Å². The van der Waals surface area contributed by atoms with E-state index >= 15 is 0 Å². The zero-order chi connectivity index (χ0) is 21.1. The standard InChI is InChI=1S/C23H25NO5/c1-14-5-7-16(8-6-14)20-19(22(26)23(27)24(20)11-12-28-3)21(25)17-9-10-18(29-4)15(2)13-17/h5-10,13,20,25H,11-12H2,1-4H3/b21-19+/t20-/m1/s1. The van der Waals surface area contributed by atoms with Gasteiger partial charge in [-0.05, 0) is 43.2 Å². The number of likely N-dealkylation sites (tertiary alicyclic amines) is 1. The number of benzene rings is 2. The second kappa shape index (κ2) is 8.49. The van der Waals surface area contributed by atoms with Gasteiger partial charge < -0.3 is 19.5 Å². The minimum absolute atomic E-state index is 0.0829. The van der Waals surface area contributed by atoms with Crippen molar-refractivity contribution in [2.24, 2.45) is 0 Å². The monoisotopic (exact) mass is 395 g/mol. The molecule has 0 bridgehead atoms. The van der Waals surface area contributed by atoms with Crippen molar-refractivity contribution in [3.05, 3.63) is 70.3 Å². The number of carbonyl (C=O) groups excluding carboxylic acids is 2. The van der Waals surface area contributed by atoms with Crippen molar-refractivity contribution < 1.29 is 24.2 Å². The van der Waals surface area contributed by atoms with E-state index in [0.29, 0.717) is 11.3 Å². The molecule has 1 aliphatic rings. The number of aryl methyl sites for hydroxylation is 2. The maximum absolute atomic E-state index is 12.9. The van der Waals surface area contributed by atoms with Gasteiger partial charge in [0.05, 0.1) is 25.3 Å². The molecule has 29 heavy (non-hydrogen) atoms. The molecule has 0 aromatic heterocycles. The lowest BCUT2D eigenvalue weighted by molar-refractivity contribution is -0.140. The molecule has 0 spiro atoms. The number of ketones is 1. The minimum Gasteiger partial charge on any atom is -0.507 e. The second-order valence-electron chi connectivity index (χ2n) is 7.08. The zero-order valence-corrected chi connectivity index (χ0v) is 17.1. The number of hydrogen-bond donors (Lipinski definition) is 1. The summed E-state index contributed by atoms with van der Waals surface area (Å²) < 4.78 is 10.4. The van der Waals surface area contributed by atoms with Gasteiger partial charge in [-0.15, -0.1) is 0 Å². The number of Topliss-reactive ketones (excluding diaryl/α,β-unsaturated/α-hetero) is 1. The quantitative estimate of drug-likeness (QED) is 0.461. The summed E-state index contributed by atoms with van der Waals surface area (Å²) in [7, 11) is 3.11.